The summed E-state index contributed by atoms with van der Waals surface area (Å²) in [7, 11) is 1.73. The Labute approximate surface area is 169 Å². The van der Waals surface area contributed by atoms with Gasteiger partial charge in [0.05, 0.1) is 17.8 Å². The minimum absolute atomic E-state index is 0.272. The fourth-order valence-electron chi connectivity index (χ4n) is 3.78. The van der Waals surface area contributed by atoms with E-state index in [1.807, 2.05) is 18.2 Å². The molecule has 1 aliphatic heterocycles. The van der Waals surface area contributed by atoms with Gasteiger partial charge >= 0.3 is 5.76 Å². The van der Waals surface area contributed by atoms with Crippen molar-refractivity contribution in [3.8, 4) is 5.75 Å². The first-order valence-corrected chi connectivity index (χ1v) is 10.1. The average Bonchev–Trinajstić information content (AvgIpc) is 3.02. The molecule has 154 valence electrons. The van der Waals surface area contributed by atoms with Crippen LogP contribution in [0.3, 0.4) is 0 Å². The number of nitrogens with zero attached hydrogens (tertiary/aromatic N) is 3. The predicted octanol–water partition coefficient (Wildman–Crippen LogP) is 3.25. The molecule has 3 aromatic rings. The van der Waals surface area contributed by atoms with Gasteiger partial charge in [-0.1, -0.05) is 12.1 Å². The summed E-state index contributed by atoms with van der Waals surface area (Å²) in [5, 5.41) is 0. The lowest BCUT2D eigenvalue weighted by molar-refractivity contribution is 0.238. The number of rotatable bonds is 7. The SMILES string of the molecule is Cn1c(=O)oc2c(N3CCN(CCCCOc4cccc(F)c4)CC3)cccc21. The first kappa shape index (κ1) is 19.5. The Morgan fingerprint density at radius 3 is 2.66 bits per heavy atom. The van der Waals surface area contributed by atoms with E-state index in [0.29, 0.717) is 17.9 Å². The van der Waals surface area contributed by atoms with Gasteiger partial charge in [0.2, 0.25) is 0 Å². The van der Waals surface area contributed by atoms with E-state index in [-0.39, 0.29) is 11.6 Å². The maximum atomic E-state index is 13.1. The molecule has 1 aromatic heterocycles. The van der Waals surface area contributed by atoms with Crippen LogP contribution in [0, 0.1) is 5.82 Å². The lowest BCUT2D eigenvalue weighted by Crippen LogP contribution is -2.46. The molecule has 0 radical (unpaired) electrons. The van der Waals surface area contributed by atoms with Gasteiger partial charge in [0, 0.05) is 39.3 Å². The van der Waals surface area contributed by atoms with Gasteiger partial charge < -0.3 is 14.1 Å². The first-order valence-electron chi connectivity index (χ1n) is 10.1. The molecule has 2 aromatic carbocycles. The average molecular weight is 399 g/mol. The molecule has 0 amide bonds. The summed E-state index contributed by atoms with van der Waals surface area (Å²) in [6.07, 6.45) is 1.98. The van der Waals surface area contributed by atoms with Crippen LogP contribution in [0.15, 0.2) is 51.7 Å². The number of benzene rings is 2. The molecule has 0 unspecified atom stereocenters. The molecule has 2 heterocycles. The Morgan fingerprint density at radius 1 is 1.07 bits per heavy atom. The normalized spacial score (nSPS) is 15.2. The van der Waals surface area contributed by atoms with Gasteiger partial charge in [-0.25, -0.2) is 9.18 Å². The van der Waals surface area contributed by atoms with Crippen molar-refractivity contribution in [1.82, 2.24) is 9.47 Å². The number of hydrogen-bond donors (Lipinski definition) is 0. The molecular weight excluding hydrogens is 373 g/mol. The van der Waals surface area contributed by atoms with Crippen molar-refractivity contribution in [3.63, 3.8) is 0 Å². The van der Waals surface area contributed by atoms with Crippen LogP contribution < -0.4 is 15.4 Å². The monoisotopic (exact) mass is 399 g/mol. The number of ether oxygens (including phenoxy) is 1. The molecule has 0 spiro atoms. The smallest absolute Gasteiger partial charge is 0.419 e. The second-order valence-corrected chi connectivity index (χ2v) is 7.39. The van der Waals surface area contributed by atoms with E-state index in [0.717, 1.165) is 56.8 Å². The van der Waals surface area contributed by atoms with Crippen molar-refractivity contribution in [2.45, 2.75) is 12.8 Å². The maximum Gasteiger partial charge on any atom is 0.419 e. The van der Waals surface area contributed by atoms with Crippen molar-refractivity contribution in [1.29, 1.82) is 0 Å². The Kier molecular flexibility index (Phi) is 5.85. The van der Waals surface area contributed by atoms with Crippen molar-refractivity contribution in [3.05, 3.63) is 58.8 Å². The van der Waals surface area contributed by atoms with Crippen LogP contribution in [0.4, 0.5) is 10.1 Å². The number of aryl methyl sites for hydroxylation is 1. The number of oxazole rings is 1. The number of fused-ring (bicyclic) bond motifs is 1. The van der Waals surface area contributed by atoms with Gasteiger partial charge in [-0.3, -0.25) is 9.47 Å². The van der Waals surface area contributed by atoms with E-state index in [1.165, 1.54) is 12.1 Å². The molecule has 4 rings (SSSR count). The van der Waals surface area contributed by atoms with Crippen LogP contribution >= 0.6 is 0 Å². The third kappa shape index (κ3) is 4.45. The molecule has 7 heteroatoms. The van der Waals surface area contributed by atoms with Gasteiger partial charge in [0.25, 0.3) is 0 Å². The molecule has 0 saturated carbocycles. The van der Waals surface area contributed by atoms with Gasteiger partial charge in [-0.15, -0.1) is 0 Å². The summed E-state index contributed by atoms with van der Waals surface area (Å²) in [5.41, 5.74) is 2.49. The minimum atomic E-state index is -0.327. The van der Waals surface area contributed by atoms with Gasteiger partial charge in [0.15, 0.2) is 5.58 Å². The van der Waals surface area contributed by atoms with Crippen LogP contribution in [0.1, 0.15) is 12.8 Å². The van der Waals surface area contributed by atoms with Crippen molar-refractivity contribution >= 4 is 16.8 Å². The highest BCUT2D eigenvalue weighted by molar-refractivity contribution is 5.87. The van der Waals surface area contributed by atoms with E-state index in [2.05, 4.69) is 9.80 Å². The molecule has 0 bridgehead atoms. The number of halogens is 1. The lowest BCUT2D eigenvalue weighted by atomic mass is 10.2. The summed E-state index contributed by atoms with van der Waals surface area (Å²) in [6.45, 7) is 5.36. The van der Waals surface area contributed by atoms with Gasteiger partial charge in [-0.05, 0) is 43.7 Å². The Balaban J connectivity index is 1.23. The first-order chi connectivity index (χ1) is 14.1. The van der Waals surface area contributed by atoms with Gasteiger partial charge in [0.1, 0.15) is 11.6 Å². The van der Waals surface area contributed by atoms with E-state index in [9.17, 15) is 9.18 Å². The van der Waals surface area contributed by atoms with Crippen LogP contribution in [0.25, 0.3) is 11.1 Å². The molecule has 6 nitrogen and oxygen atoms in total. The largest absolute Gasteiger partial charge is 0.493 e. The van der Waals surface area contributed by atoms with Crippen molar-refractivity contribution in [2.75, 3.05) is 44.2 Å². The quantitative estimate of drug-likeness (QED) is 0.571. The number of unbranched alkanes of at least 4 members (excludes halogenated alkanes) is 1. The molecule has 29 heavy (non-hydrogen) atoms. The summed E-state index contributed by atoms with van der Waals surface area (Å²) < 4.78 is 25.7. The fraction of sp³-hybridized carbons (Fsp3) is 0.409. The van der Waals surface area contributed by atoms with E-state index >= 15 is 0 Å². The lowest BCUT2D eigenvalue weighted by Gasteiger charge is -2.36. The second kappa shape index (κ2) is 8.69. The Morgan fingerprint density at radius 2 is 1.86 bits per heavy atom. The number of aromatic nitrogens is 1. The highest BCUT2D eigenvalue weighted by atomic mass is 19.1. The van der Waals surface area contributed by atoms with Gasteiger partial charge in [-0.2, -0.15) is 0 Å². The zero-order chi connectivity index (χ0) is 20.2. The molecule has 0 atom stereocenters. The number of para-hydroxylation sites is 1. The molecule has 0 N–H and O–H groups in total. The van der Waals surface area contributed by atoms with Crippen molar-refractivity contribution < 1.29 is 13.5 Å². The molecule has 1 fully saturated rings. The summed E-state index contributed by atoms with van der Waals surface area (Å²) >= 11 is 0. The highest BCUT2D eigenvalue weighted by Crippen LogP contribution is 2.26. The third-order valence-electron chi connectivity index (χ3n) is 5.44. The summed E-state index contributed by atoms with van der Waals surface area (Å²) in [6, 6.07) is 12.2. The number of piperazine rings is 1. The van der Waals surface area contributed by atoms with Crippen LogP contribution in [0.2, 0.25) is 0 Å². The van der Waals surface area contributed by atoms with Crippen molar-refractivity contribution in [2.24, 2.45) is 7.05 Å². The molecule has 1 saturated heterocycles. The number of anilines is 1. The zero-order valence-electron chi connectivity index (χ0n) is 16.6. The van der Waals surface area contributed by atoms with Crippen LogP contribution in [0.5, 0.6) is 5.75 Å². The zero-order valence-corrected chi connectivity index (χ0v) is 16.6. The standard InChI is InChI=1S/C22H26FN3O3/c1-24-19-8-5-9-20(21(19)29-22(24)27)26-13-11-25(12-14-26)10-2-3-15-28-18-7-4-6-17(23)16-18/h4-9,16H,2-3,10-15H2,1H3. The Hall–Kier alpha value is -2.80. The molecule has 1 aliphatic rings. The maximum absolute atomic E-state index is 13.1. The van der Waals surface area contributed by atoms with E-state index in [4.69, 9.17) is 9.15 Å². The Bertz CT molecular complexity index is 1020. The third-order valence-corrected chi connectivity index (χ3v) is 5.44. The predicted molar refractivity (Wildman–Crippen MR) is 111 cm³/mol. The molecular formula is C22H26FN3O3. The van der Waals surface area contributed by atoms with Crippen LogP contribution in [-0.2, 0) is 7.05 Å². The van der Waals surface area contributed by atoms with E-state index < -0.39 is 0 Å². The van der Waals surface area contributed by atoms with E-state index in [1.54, 1.807) is 23.7 Å². The minimum Gasteiger partial charge on any atom is -0.493 e. The topological polar surface area (TPSA) is 50.9 Å². The second-order valence-electron chi connectivity index (χ2n) is 7.39. The fourth-order valence-corrected chi connectivity index (χ4v) is 3.78. The number of hydrogen-bond acceptors (Lipinski definition) is 5. The summed E-state index contributed by atoms with van der Waals surface area (Å²) in [5.74, 6) is -0.0160. The summed E-state index contributed by atoms with van der Waals surface area (Å²) in [4.78, 5) is 16.6. The highest BCUT2D eigenvalue weighted by Gasteiger charge is 2.20. The molecule has 0 aliphatic carbocycles. The van der Waals surface area contributed by atoms with Crippen LogP contribution in [-0.4, -0.2) is 48.8 Å².